The molecule has 22 heavy (non-hydrogen) atoms. The van der Waals surface area contributed by atoms with Gasteiger partial charge >= 0.3 is 11.9 Å². The van der Waals surface area contributed by atoms with Crippen LogP contribution in [-0.4, -0.2) is 9.55 Å². The van der Waals surface area contributed by atoms with Crippen molar-refractivity contribution in [2.45, 2.75) is 13.1 Å². The van der Waals surface area contributed by atoms with Crippen LogP contribution in [0.25, 0.3) is 16.6 Å². The van der Waals surface area contributed by atoms with Crippen molar-refractivity contribution in [3.63, 3.8) is 0 Å². The van der Waals surface area contributed by atoms with E-state index in [4.69, 9.17) is 0 Å². The third-order valence-corrected chi connectivity index (χ3v) is 3.46. The lowest BCUT2D eigenvalue weighted by atomic mass is 10.1. The molecule has 0 bridgehead atoms. The van der Waals surface area contributed by atoms with Crippen LogP contribution in [0.4, 0.5) is 13.2 Å². The molecule has 0 aliphatic heterocycles. The topological polar surface area (TPSA) is 34.9 Å². The summed E-state index contributed by atoms with van der Waals surface area (Å²) < 4.78 is 40.0. The van der Waals surface area contributed by atoms with E-state index < -0.39 is 17.4 Å². The van der Waals surface area contributed by atoms with Gasteiger partial charge in [0.15, 0.2) is 0 Å². The van der Waals surface area contributed by atoms with Crippen molar-refractivity contribution in [2.24, 2.45) is 0 Å². The van der Waals surface area contributed by atoms with Gasteiger partial charge in [-0.1, -0.05) is 24.3 Å². The monoisotopic (exact) mass is 304 g/mol. The van der Waals surface area contributed by atoms with Crippen molar-refractivity contribution in [1.82, 2.24) is 9.55 Å². The van der Waals surface area contributed by atoms with Crippen molar-refractivity contribution >= 4 is 10.9 Å². The van der Waals surface area contributed by atoms with E-state index in [1.807, 2.05) is 0 Å². The van der Waals surface area contributed by atoms with Gasteiger partial charge < -0.3 is 0 Å². The Morgan fingerprint density at radius 2 is 1.82 bits per heavy atom. The summed E-state index contributed by atoms with van der Waals surface area (Å²) in [6.07, 6.45) is -3.18. The molecule has 0 aliphatic rings. The number of para-hydroxylation sites is 1. The van der Waals surface area contributed by atoms with Crippen molar-refractivity contribution in [2.75, 3.05) is 0 Å². The lowest BCUT2D eigenvalue weighted by molar-refractivity contribution is -0.137. The van der Waals surface area contributed by atoms with Crippen LogP contribution in [0.15, 0.2) is 53.5 Å². The van der Waals surface area contributed by atoms with Gasteiger partial charge in [-0.05, 0) is 30.7 Å². The SMILES string of the molecule is Cc1ccccc1-n1c(=O)ncc2ccc(C(F)(F)F)cc21. The molecule has 0 radical (unpaired) electrons. The number of hydrogen-bond acceptors (Lipinski definition) is 2. The smallest absolute Gasteiger partial charge is 0.260 e. The fraction of sp³-hybridized carbons (Fsp3) is 0.125. The number of aryl methyl sites for hydroxylation is 1. The van der Waals surface area contributed by atoms with Gasteiger partial charge in [-0.3, -0.25) is 4.57 Å². The first kappa shape index (κ1) is 14.3. The quantitative estimate of drug-likeness (QED) is 0.687. The molecule has 0 spiro atoms. The zero-order valence-corrected chi connectivity index (χ0v) is 11.6. The molecule has 0 saturated carbocycles. The molecule has 6 heteroatoms. The van der Waals surface area contributed by atoms with E-state index in [1.54, 1.807) is 31.2 Å². The molecule has 0 amide bonds. The number of hydrogen-bond donors (Lipinski definition) is 0. The van der Waals surface area contributed by atoms with E-state index in [0.717, 1.165) is 17.7 Å². The standard InChI is InChI=1S/C16H11F3N2O/c1-10-4-2-3-5-13(10)21-14-8-12(16(17,18)19)7-6-11(14)9-20-15(21)22/h2-9H,1H3. The summed E-state index contributed by atoms with van der Waals surface area (Å²) >= 11 is 0. The van der Waals surface area contributed by atoms with Gasteiger partial charge in [0.1, 0.15) is 0 Å². The van der Waals surface area contributed by atoms with Crippen LogP contribution in [-0.2, 0) is 6.18 Å². The van der Waals surface area contributed by atoms with Gasteiger partial charge in [0.2, 0.25) is 0 Å². The Kier molecular flexibility index (Phi) is 3.24. The minimum absolute atomic E-state index is 0.184. The molecule has 1 heterocycles. The zero-order valence-electron chi connectivity index (χ0n) is 11.6. The molecular formula is C16H11F3N2O. The lowest BCUT2D eigenvalue weighted by Gasteiger charge is -2.13. The first-order valence-corrected chi connectivity index (χ1v) is 6.53. The molecule has 0 unspecified atom stereocenters. The highest BCUT2D eigenvalue weighted by atomic mass is 19.4. The second-order valence-electron chi connectivity index (χ2n) is 4.93. The van der Waals surface area contributed by atoms with E-state index in [0.29, 0.717) is 11.1 Å². The molecule has 0 saturated heterocycles. The van der Waals surface area contributed by atoms with E-state index in [2.05, 4.69) is 4.98 Å². The number of halogens is 3. The maximum atomic E-state index is 12.9. The molecule has 2 aromatic carbocycles. The van der Waals surface area contributed by atoms with E-state index >= 15 is 0 Å². The normalized spacial score (nSPS) is 11.8. The molecule has 112 valence electrons. The summed E-state index contributed by atoms with van der Waals surface area (Å²) in [5.74, 6) is 0. The van der Waals surface area contributed by atoms with E-state index in [1.165, 1.54) is 16.8 Å². The first-order valence-electron chi connectivity index (χ1n) is 6.53. The third-order valence-electron chi connectivity index (χ3n) is 3.46. The number of aromatic nitrogens is 2. The predicted octanol–water partition coefficient (Wildman–Crippen LogP) is 3.71. The van der Waals surface area contributed by atoms with Gasteiger partial charge in [0.25, 0.3) is 0 Å². The molecule has 3 aromatic rings. The average Bonchev–Trinajstić information content (AvgIpc) is 2.47. The number of alkyl halides is 3. The van der Waals surface area contributed by atoms with Gasteiger partial charge in [0.05, 0.1) is 16.8 Å². The maximum absolute atomic E-state index is 12.9. The van der Waals surface area contributed by atoms with Crippen LogP contribution >= 0.6 is 0 Å². The van der Waals surface area contributed by atoms with Crippen molar-refractivity contribution < 1.29 is 13.2 Å². The third kappa shape index (κ3) is 2.36. The molecule has 3 nitrogen and oxygen atoms in total. The Labute approximate surface area is 123 Å². The summed E-state index contributed by atoms with van der Waals surface area (Å²) in [5.41, 5.74) is 0.0689. The highest BCUT2D eigenvalue weighted by molar-refractivity contribution is 5.80. The largest absolute Gasteiger partial charge is 0.416 e. The number of rotatable bonds is 1. The van der Waals surface area contributed by atoms with Crippen LogP contribution in [0, 0.1) is 6.92 Å². The minimum Gasteiger partial charge on any atom is -0.260 e. The molecule has 0 aliphatic carbocycles. The summed E-state index contributed by atoms with van der Waals surface area (Å²) in [6.45, 7) is 1.79. The van der Waals surface area contributed by atoms with Crippen molar-refractivity contribution in [1.29, 1.82) is 0 Å². The highest BCUT2D eigenvalue weighted by Gasteiger charge is 2.30. The van der Waals surface area contributed by atoms with Crippen LogP contribution in [0.5, 0.6) is 0 Å². The fourth-order valence-corrected chi connectivity index (χ4v) is 2.36. The zero-order chi connectivity index (χ0) is 15.9. The summed E-state index contributed by atoms with van der Waals surface area (Å²) in [7, 11) is 0. The van der Waals surface area contributed by atoms with Crippen LogP contribution in [0.3, 0.4) is 0 Å². The van der Waals surface area contributed by atoms with Crippen LogP contribution in [0.2, 0.25) is 0 Å². The molecule has 0 atom stereocenters. The Morgan fingerprint density at radius 3 is 2.50 bits per heavy atom. The Bertz CT molecular complexity index is 913. The Balaban J connectivity index is 2.40. The summed E-state index contributed by atoms with van der Waals surface area (Å²) in [5, 5.41) is 0.468. The second kappa shape index (κ2) is 4.98. The van der Waals surface area contributed by atoms with Crippen molar-refractivity contribution in [3.8, 4) is 5.69 Å². The van der Waals surface area contributed by atoms with E-state index in [-0.39, 0.29) is 5.52 Å². The highest BCUT2D eigenvalue weighted by Crippen LogP contribution is 2.31. The Hall–Kier alpha value is -2.63. The Morgan fingerprint density at radius 1 is 1.09 bits per heavy atom. The maximum Gasteiger partial charge on any atom is 0.416 e. The number of benzene rings is 2. The molecule has 0 N–H and O–H groups in total. The van der Waals surface area contributed by atoms with Gasteiger partial charge in [-0.2, -0.15) is 13.2 Å². The summed E-state index contributed by atoms with van der Waals surface area (Å²) in [6, 6.07) is 10.3. The average molecular weight is 304 g/mol. The molecule has 0 fully saturated rings. The molecule has 3 rings (SSSR count). The molecular weight excluding hydrogens is 293 g/mol. The fourth-order valence-electron chi connectivity index (χ4n) is 2.36. The lowest BCUT2D eigenvalue weighted by Crippen LogP contribution is -2.22. The summed E-state index contributed by atoms with van der Waals surface area (Å²) in [4.78, 5) is 15.9. The van der Waals surface area contributed by atoms with Gasteiger partial charge in [0, 0.05) is 11.6 Å². The van der Waals surface area contributed by atoms with E-state index in [9.17, 15) is 18.0 Å². The first-order chi connectivity index (χ1) is 10.4. The predicted molar refractivity (Wildman–Crippen MR) is 77.1 cm³/mol. The molecule has 1 aromatic heterocycles. The van der Waals surface area contributed by atoms with Gasteiger partial charge in [-0.15, -0.1) is 0 Å². The number of fused-ring (bicyclic) bond motifs is 1. The van der Waals surface area contributed by atoms with Crippen LogP contribution < -0.4 is 5.69 Å². The number of nitrogens with zero attached hydrogens (tertiary/aromatic N) is 2. The second-order valence-corrected chi connectivity index (χ2v) is 4.93. The minimum atomic E-state index is -4.47. The van der Waals surface area contributed by atoms with Crippen molar-refractivity contribution in [3.05, 3.63) is 70.3 Å². The van der Waals surface area contributed by atoms with Gasteiger partial charge in [-0.25, -0.2) is 9.78 Å². The van der Waals surface area contributed by atoms with Crippen LogP contribution in [0.1, 0.15) is 11.1 Å².